The summed E-state index contributed by atoms with van der Waals surface area (Å²) in [6.45, 7) is 4.98. The summed E-state index contributed by atoms with van der Waals surface area (Å²) in [6, 6.07) is 24.0. The number of nitrogens with zero attached hydrogens (tertiary/aromatic N) is 2. The molecular formula is C26H28F2N2. The number of halogens is 2. The maximum atomic E-state index is 13.5. The summed E-state index contributed by atoms with van der Waals surface area (Å²) in [5.74, 6) is -0.473. The Kier molecular flexibility index (Phi) is 6.88. The van der Waals surface area contributed by atoms with Gasteiger partial charge in [-0.1, -0.05) is 54.6 Å². The molecule has 0 amide bonds. The third kappa shape index (κ3) is 5.32. The molecule has 0 radical (unpaired) electrons. The molecule has 0 bridgehead atoms. The number of hydrogen-bond acceptors (Lipinski definition) is 2. The Morgan fingerprint density at radius 3 is 1.73 bits per heavy atom. The summed E-state index contributed by atoms with van der Waals surface area (Å²) in [7, 11) is 0. The van der Waals surface area contributed by atoms with Gasteiger partial charge in [0.15, 0.2) is 0 Å². The fraction of sp³-hybridized carbons (Fsp3) is 0.308. The minimum atomic E-state index is -0.236. The standard InChI is InChI=1S/C26H28F2N2/c27-24-12-8-22(9-13-24)26(23-10-14-25(28)15-11-23)30-19-17-29(18-20-30)16-4-7-21-5-2-1-3-6-21/h1-3,5-6,8-15,26H,4,7,16-20H2. The molecule has 0 N–H and O–H groups in total. The molecule has 1 aliphatic heterocycles. The van der Waals surface area contributed by atoms with Crippen molar-refractivity contribution in [2.75, 3.05) is 32.7 Å². The van der Waals surface area contributed by atoms with Crippen molar-refractivity contribution in [1.29, 1.82) is 0 Å². The maximum absolute atomic E-state index is 13.5. The Bertz CT molecular complexity index is 857. The second-order valence-electron chi connectivity index (χ2n) is 7.97. The fourth-order valence-electron chi connectivity index (χ4n) is 4.30. The normalized spacial score (nSPS) is 15.6. The van der Waals surface area contributed by atoms with Gasteiger partial charge in [0.05, 0.1) is 6.04 Å². The van der Waals surface area contributed by atoms with Gasteiger partial charge >= 0.3 is 0 Å². The van der Waals surface area contributed by atoms with E-state index in [9.17, 15) is 8.78 Å². The van der Waals surface area contributed by atoms with Gasteiger partial charge in [-0.25, -0.2) is 8.78 Å². The molecule has 0 spiro atoms. The van der Waals surface area contributed by atoms with Gasteiger partial charge in [-0.2, -0.15) is 0 Å². The first-order chi connectivity index (χ1) is 14.7. The Labute approximate surface area is 177 Å². The van der Waals surface area contributed by atoms with Gasteiger partial charge in [0.1, 0.15) is 11.6 Å². The molecule has 4 heteroatoms. The maximum Gasteiger partial charge on any atom is 0.123 e. The van der Waals surface area contributed by atoms with Crippen LogP contribution in [-0.2, 0) is 6.42 Å². The monoisotopic (exact) mass is 406 g/mol. The second-order valence-corrected chi connectivity index (χ2v) is 7.97. The van der Waals surface area contributed by atoms with Crippen molar-refractivity contribution in [2.24, 2.45) is 0 Å². The van der Waals surface area contributed by atoms with Crippen LogP contribution in [-0.4, -0.2) is 42.5 Å². The van der Waals surface area contributed by atoms with Crippen molar-refractivity contribution in [3.05, 3.63) is 107 Å². The van der Waals surface area contributed by atoms with Gasteiger partial charge in [-0.05, 0) is 60.3 Å². The number of hydrogen-bond donors (Lipinski definition) is 0. The van der Waals surface area contributed by atoms with Gasteiger partial charge in [0.25, 0.3) is 0 Å². The van der Waals surface area contributed by atoms with Crippen molar-refractivity contribution in [1.82, 2.24) is 9.80 Å². The molecular weight excluding hydrogens is 378 g/mol. The minimum Gasteiger partial charge on any atom is -0.301 e. The van der Waals surface area contributed by atoms with Gasteiger partial charge < -0.3 is 4.90 Å². The smallest absolute Gasteiger partial charge is 0.123 e. The molecule has 156 valence electrons. The number of rotatable bonds is 7. The molecule has 1 saturated heterocycles. The third-order valence-electron chi connectivity index (χ3n) is 5.93. The molecule has 0 unspecified atom stereocenters. The molecule has 3 aromatic carbocycles. The van der Waals surface area contributed by atoms with E-state index in [1.54, 1.807) is 0 Å². The predicted molar refractivity (Wildman–Crippen MR) is 117 cm³/mol. The third-order valence-corrected chi connectivity index (χ3v) is 5.93. The SMILES string of the molecule is Fc1ccc(C(c2ccc(F)cc2)N2CCN(CCCc3ccccc3)CC2)cc1. The molecule has 0 aliphatic carbocycles. The van der Waals surface area contributed by atoms with Crippen LogP contribution < -0.4 is 0 Å². The molecule has 4 rings (SSSR count). The van der Waals surface area contributed by atoms with Crippen molar-refractivity contribution < 1.29 is 8.78 Å². The zero-order chi connectivity index (χ0) is 20.8. The lowest BCUT2D eigenvalue weighted by atomic mass is 9.96. The molecule has 1 aliphatic rings. The van der Waals surface area contributed by atoms with Crippen LogP contribution in [0.25, 0.3) is 0 Å². The van der Waals surface area contributed by atoms with E-state index in [0.29, 0.717) is 0 Å². The van der Waals surface area contributed by atoms with E-state index in [0.717, 1.165) is 56.7 Å². The summed E-state index contributed by atoms with van der Waals surface area (Å²) < 4.78 is 26.9. The van der Waals surface area contributed by atoms with Crippen LogP contribution in [0.4, 0.5) is 8.78 Å². The predicted octanol–water partition coefficient (Wildman–Crippen LogP) is 5.30. The molecule has 3 aromatic rings. The highest BCUT2D eigenvalue weighted by Gasteiger charge is 2.26. The van der Waals surface area contributed by atoms with Gasteiger partial charge in [0.2, 0.25) is 0 Å². The fourth-order valence-corrected chi connectivity index (χ4v) is 4.30. The summed E-state index contributed by atoms with van der Waals surface area (Å²) in [4.78, 5) is 4.94. The van der Waals surface area contributed by atoms with E-state index in [2.05, 4.69) is 40.1 Å². The average Bonchev–Trinajstić information content (AvgIpc) is 2.78. The summed E-state index contributed by atoms with van der Waals surface area (Å²) >= 11 is 0. The Hall–Kier alpha value is -2.56. The summed E-state index contributed by atoms with van der Waals surface area (Å²) in [6.07, 6.45) is 2.26. The topological polar surface area (TPSA) is 6.48 Å². The van der Waals surface area contributed by atoms with Crippen LogP contribution in [0, 0.1) is 11.6 Å². The van der Waals surface area contributed by atoms with Crippen LogP contribution in [0.15, 0.2) is 78.9 Å². The number of benzene rings is 3. The van der Waals surface area contributed by atoms with Gasteiger partial charge in [0, 0.05) is 26.2 Å². The summed E-state index contributed by atoms with van der Waals surface area (Å²) in [5.41, 5.74) is 3.48. The number of piperazine rings is 1. The first-order valence-corrected chi connectivity index (χ1v) is 10.7. The Morgan fingerprint density at radius 2 is 1.20 bits per heavy atom. The summed E-state index contributed by atoms with van der Waals surface area (Å²) in [5, 5.41) is 0. The van der Waals surface area contributed by atoms with Crippen molar-refractivity contribution >= 4 is 0 Å². The van der Waals surface area contributed by atoms with Crippen LogP contribution in [0.5, 0.6) is 0 Å². The van der Waals surface area contributed by atoms with E-state index < -0.39 is 0 Å². The van der Waals surface area contributed by atoms with Crippen LogP contribution in [0.1, 0.15) is 29.2 Å². The van der Waals surface area contributed by atoms with Gasteiger partial charge in [-0.3, -0.25) is 4.90 Å². The number of aryl methyl sites for hydroxylation is 1. The molecule has 1 heterocycles. The zero-order valence-electron chi connectivity index (χ0n) is 17.2. The molecule has 0 saturated carbocycles. The molecule has 2 nitrogen and oxygen atoms in total. The molecule has 0 atom stereocenters. The second kappa shape index (κ2) is 9.96. The highest BCUT2D eigenvalue weighted by atomic mass is 19.1. The average molecular weight is 407 g/mol. The van der Waals surface area contributed by atoms with Crippen molar-refractivity contribution in [3.8, 4) is 0 Å². The quantitative estimate of drug-likeness (QED) is 0.525. The Balaban J connectivity index is 1.39. The van der Waals surface area contributed by atoms with Gasteiger partial charge in [-0.15, -0.1) is 0 Å². The largest absolute Gasteiger partial charge is 0.301 e. The van der Waals surface area contributed by atoms with E-state index >= 15 is 0 Å². The minimum absolute atomic E-state index is 0.0117. The molecule has 1 fully saturated rings. The molecule has 30 heavy (non-hydrogen) atoms. The van der Waals surface area contributed by atoms with Crippen molar-refractivity contribution in [3.63, 3.8) is 0 Å². The highest BCUT2D eigenvalue weighted by Crippen LogP contribution is 2.30. The lowest BCUT2D eigenvalue weighted by molar-refractivity contribution is 0.108. The van der Waals surface area contributed by atoms with Crippen LogP contribution in [0.2, 0.25) is 0 Å². The van der Waals surface area contributed by atoms with E-state index in [4.69, 9.17) is 0 Å². The lowest BCUT2D eigenvalue weighted by Gasteiger charge is -2.40. The molecule has 0 aromatic heterocycles. The Morgan fingerprint density at radius 1 is 0.667 bits per heavy atom. The van der Waals surface area contributed by atoms with E-state index in [1.165, 1.54) is 29.8 Å². The van der Waals surface area contributed by atoms with E-state index in [-0.39, 0.29) is 17.7 Å². The van der Waals surface area contributed by atoms with Crippen molar-refractivity contribution in [2.45, 2.75) is 18.9 Å². The van der Waals surface area contributed by atoms with Crippen LogP contribution in [0.3, 0.4) is 0 Å². The van der Waals surface area contributed by atoms with E-state index in [1.807, 2.05) is 24.3 Å². The van der Waals surface area contributed by atoms with Crippen LogP contribution >= 0.6 is 0 Å². The lowest BCUT2D eigenvalue weighted by Crippen LogP contribution is -2.48. The zero-order valence-corrected chi connectivity index (χ0v) is 17.2. The first-order valence-electron chi connectivity index (χ1n) is 10.7. The first kappa shape index (κ1) is 20.7. The highest BCUT2D eigenvalue weighted by molar-refractivity contribution is 5.32.